The van der Waals surface area contributed by atoms with Crippen molar-refractivity contribution in [1.82, 2.24) is 15.2 Å². The van der Waals surface area contributed by atoms with Crippen molar-refractivity contribution >= 4 is 17.5 Å². The van der Waals surface area contributed by atoms with Crippen LogP contribution in [0, 0.1) is 6.92 Å². The topological polar surface area (TPSA) is 54.5 Å². The number of rotatable bonds is 7. The number of carbonyl (C=O) groups excluding carboxylic acids is 1. The van der Waals surface area contributed by atoms with Crippen LogP contribution in [0.2, 0.25) is 5.02 Å². The monoisotopic (exact) mass is 373 g/mol. The van der Waals surface area contributed by atoms with Crippen LogP contribution in [0.5, 0.6) is 5.75 Å². The summed E-state index contributed by atoms with van der Waals surface area (Å²) >= 11 is 6.16. The number of aryl methyl sites for hydroxylation is 1. The van der Waals surface area contributed by atoms with Gasteiger partial charge in [-0.25, -0.2) is 0 Å². The van der Waals surface area contributed by atoms with Crippen LogP contribution in [0.4, 0.5) is 0 Å². The third kappa shape index (κ3) is 4.54. The van der Waals surface area contributed by atoms with Crippen LogP contribution < -0.4 is 10.1 Å². The summed E-state index contributed by atoms with van der Waals surface area (Å²) in [6, 6.07) is 9.17. The van der Waals surface area contributed by atoms with Gasteiger partial charge < -0.3 is 10.1 Å². The highest BCUT2D eigenvalue weighted by Crippen LogP contribution is 2.28. The molecule has 0 radical (unpaired) electrons. The lowest BCUT2D eigenvalue weighted by Gasteiger charge is -2.26. The van der Waals surface area contributed by atoms with Gasteiger partial charge in [0.2, 0.25) is 5.91 Å². The molecule has 2 heterocycles. The van der Waals surface area contributed by atoms with E-state index in [2.05, 4.69) is 15.2 Å². The Morgan fingerprint density at radius 3 is 2.81 bits per heavy atom. The minimum atomic E-state index is -0.298. The molecular weight excluding hydrogens is 350 g/mol. The summed E-state index contributed by atoms with van der Waals surface area (Å²) in [7, 11) is 0. The Morgan fingerprint density at radius 2 is 2.12 bits per heavy atom. The van der Waals surface area contributed by atoms with Gasteiger partial charge in [0.25, 0.3) is 0 Å². The van der Waals surface area contributed by atoms with Crippen molar-refractivity contribution in [1.29, 1.82) is 0 Å². The lowest BCUT2D eigenvalue weighted by molar-refractivity contribution is -0.126. The van der Waals surface area contributed by atoms with Gasteiger partial charge in [-0.3, -0.25) is 14.7 Å². The van der Waals surface area contributed by atoms with E-state index in [0.29, 0.717) is 23.9 Å². The van der Waals surface area contributed by atoms with Crippen LogP contribution in [0.15, 0.2) is 42.7 Å². The lowest BCUT2D eigenvalue weighted by atomic mass is 10.1. The standard InChI is InChI=1S/C20H24ClN3O2/c1-15-6-4-8-17(21)19(15)26-13-10-23-20(25)18(24-11-2-3-12-24)16-7-5-9-22-14-16/h4-9,14,18H,2-3,10-13H2,1H3,(H,23,25)/t18-/m0/s1. The maximum absolute atomic E-state index is 12.8. The predicted octanol–water partition coefficient (Wildman–Crippen LogP) is 3.38. The summed E-state index contributed by atoms with van der Waals surface area (Å²) in [4.78, 5) is 19.2. The number of pyridine rings is 1. The molecular formula is C20H24ClN3O2. The minimum absolute atomic E-state index is 0.0145. The first-order valence-corrected chi connectivity index (χ1v) is 9.34. The summed E-state index contributed by atoms with van der Waals surface area (Å²) in [6.07, 6.45) is 5.74. The molecule has 3 rings (SSSR count). The van der Waals surface area contributed by atoms with Gasteiger partial charge in [-0.15, -0.1) is 0 Å². The normalized spacial score (nSPS) is 15.6. The number of benzene rings is 1. The lowest BCUT2D eigenvalue weighted by Crippen LogP contribution is -2.40. The number of para-hydroxylation sites is 1. The number of aromatic nitrogens is 1. The molecule has 1 aliphatic rings. The Bertz CT molecular complexity index is 713. The van der Waals surface area contributed by atoms with Crippen molar-refractivity contribution in [3.8, 4) is 5.75 Å². The van der Waals surface area contributed by atoms with E-state index >= 15 is 0 Å². The van der Waals surface area contributed by atoms with Crippen molar-refractivity contribution in [2.75, 3.05) is 26.2 Å². The number of halogens is 1. The van der Waals surface area contributed by atoms with E-state index < -0.39 is 0 Å². The van der Waals surface area contributed by atoms with Crippen molar-refractivity contribution in [2.45, 2.75) is 25.8 Å². The van der Waals surface area contributed by atoms with Crippen LogP contribution >= 0.6 is 11.6 Å². The molecule has 26 heavy (non-hydrogen) atoms. The number of hydrogen-bond donors (Lipinski definition) is 1. The predicted molar refractivity (Wildman–Crippen MR) is 102 cm³/mol. The van der Waals surface area contributed by atoms with E-state index in [9.17, 15) is 4.79 Å². The van der Waals surface area contributed by atoms with Crippen LogP contribution in [0.25, 0.3) is 0 Å². The Balaban J connectivity index is 1.58. The zero-order chi connectivity index (χ0) is 18.4. The van der Waals surface area contributed by atoms with Gasteiger partial charge in [-0.2, -0.15) is 0 Å². The average Bonchev–Trinajstić information content (AvgIpc) is 3.16. The maximum atomic E-state index is 12.8. The summed E-state index contributed by atoms with van der Waals surface area (Å²) in [6.45, 7) is 4.61. The fourth-order valence-electron chi connectivity index (χ4n) is 3.29. The van der Waals surface area contributed by atoms with Crippen molar-refractivity contribution in [2.24, 2.45) is 0 Å². The van der Waals surface area contributed by atoms with Gasteiger partial charge >= 0.3 is 0 Å². The molecule has 5 nitrogen and oxygen atoms in total. The molecule has 1 aromatic heterocycles. The van der Waals surface area contributed by atoms with Crippen molar-refractivity contribution in [3.05, 3.63) is 58.9 Å². The first-order valence-electron chi connectivity index (χ1n) is 8.96. The highest BCUT2D eigenvalue weighted by molar-refractivity contribution is 6.32. The zero-order valence-electron chi connectivity index (χ0n) is 15.0. The second-order valence-electron chi connectivity index (χ2n) is 6.46. The van der Waals surface area contributed by atoms with Crippen LogP contribution in [-0.2, 0) is 4.79 Å². The molecule has 1 saturated heterocycles. The summed E-state index contributed by atoms with van der Waals surface area (Å²) in [5.74, 6) is 0.658. The van der Waals surface area contributed by atoms with E-state index in [0.717, 1.165) is 37.1 Å². The van der Waals surface area contributed by atoms with Gasteiger partial charge in [0.15, 0.2) is 0 Å². The molecule has 0 aliphatic carbocycles. The first kappa shape index (κ1) is 18.7. The fraction of sp³-hybridized carbons (Fsp3) is 0.400. The molecule has 1 aliphatic heterocycles. The third-order valence-electron chi connectivity index (χ3n) is 4.57. The van der Waals surface area contributed by atoms with Gasteiger partial charge in [0.1, 0.15) is 18.4 Å². The quantitative estimate of drug-likeness (QED) is 0.756. The number of nitrogens with one attached hydrogen (secondary N) is 1. The highest BCUT2D eigenvalue weighted by Gasteiger charge is 2.29. The van der Waals surface area contributed by atoms with E-state index in [4.69, 9.17) is 16.3 Å². The number of likely N-dealkylation sites (tertiary alicyclic amines) is 1. The number of hydrogen-bond acceptors (Lipinski definition) is 4. The van der Waals surface area contributed by atoms with E-state index in [-0.39, 0.29) is 11.9 Å². The molecule has 1 amide bonds. The summed E-state index contributed by atoms with van der Waals surface area (Å²) in [5, 5.41) is 3.58. The van der Waals surface area contributed by atoms with Crippen LogP contribution in [0.1, 0.15) is 30.0 Å². The molecule has 0 spiro atoms. The SMILES string of the molecule is Cc1cccc(Cl)c1OCCNC(=O)[C@H](c1cccnc1)N1CCCC1. The Hall–Kier alpha value is -2.11. The fourth-order valence-corrected chi connectivity index (χ4v) is 3.57. The Kier molecular flexibility index (Phi) is 6.47. The number of ether oxygens (including phenoxy) is 1. The van der Waals surface area contributed by atoms with Crippen LogP contribution in [-0.4, -0.2) is 42.0 Å². The number of amides is 1. The van der Waals surface area contributed by atoms with E-state index in [1.165, 1.54) is 0 Å². The molecule has 1 atom stereocenters. The first-order chi connectivity index (χ1) is 12.7. The van der Waals surface area contributed by atoms with Crippen LogP contribution in [0.3, 0.4) is 0 Å². The second-order valence-corrected chi connectivity index (χ2v) is 6.86. The molecule has 2 aromatic rings. The molecule has 1 fully saturated rings. The average molecular weight is 374 g/mol. The summed E-state index contributed by atoms with van der Waals surface area (Å²) in [5.41, 5.74) is 1.91. The Labute approximate surface area is 159 Å². The smallest absolute Gasteiger partial charge is 0.242 e. The molecule has 1 aromatic carbocycles. The Morgan fingerprint density at radius 1 is 1.31 bits per heavy atom. The van der Waals surface area contributed by atoms with Gasteiger partial charge in [0, 0.05) is 12.4 Å². The van der Waals surface area contributed by atoms with Gasteiger partial charge in [-0.1, -0.05) is 29.8 Å². The molecule has 1 N–H and O–H groups in total. The zero-order valence-corrected chi connectivity index (χ0v) is 15.7. The highest BCUT2D eigenvalue weighted by atomic mass is 35.5. The van der Waals surface area contributed by atoms with Gasteiger partial charge in [0.05, 0.1) is 11.6 Å². The molecule has 138 valence electrons. The largest absolute Gasteiger partial charge is 0.490 e. The van der Waals surface area contributed by atoms with Crippen molar-refractivity contribution < 1.29 is 9.53 Å². The number of nitrogens with zero attached hydrogens (tertiary/aromatic N) is 2. The molecule has 0 unspecified atom stereocenters. The maximum Gasteiger partial charge on any atom is 0.242 e. The van der Waals surface area contributed by atoms with Crippen molar-refractivity contribution in [3.63, 3.8) is 0 Å². The minimum Gasteiger partial charge on any atom is -0.490 e. The second kappa shape index (κ2) is 9.01. The number of carbonyl (C=O) groups is 1. The van der Waals surface area contributed by atoms with E-state index in [1.54, 1.807) is 18.5 Å². The van der Waals surface area contributed by atoms with E-state index in [1.807, 2.05) is 31.2 Å². The summed E-state index contributed by atoms with van der Waals surface area (Å²) < 4.78 is 5.76. The van der Waals surface area contributed by atoms with Gasteiger partial charge in [-0.05, 0) is 56.1 Å². The third-order valence-corrected chi connectivity index (χ3v) is 4.86. The molecule has 6 heteroatoms. The molecule has 0 bridgehead atoms. The molecule has 0 saturated carbocycles.